The van der Waals surface area contributed by atoms with E-state index in [1.54, 1.807) is 31.9 Å². The lowest BCUT2D eigenvalue weighted by Crippen LogP contribution is -2.48. The molecule has 0 saturated carbocycles. The Morgan fingerprint density at radius 3 is 2.26 bits per heavy atom. The van der Waals surface area contributed by atoms with Crippen LogP contribution in [0.3, 0.4) is 0 Å². The summed E-state index contributed by atoms with van der Waals surface area (Å²) < 4.78 is 10.9. The Bertz CT molecular complexity index is 1150. The van der Waals surface area contributed by atoms with Crippen LogP contribution in [0, 0.1) is 0 Å². The molecule has 0 saturated heterocycles. The highest BCUT2D eigenvalue weighted by molar-refractivity contribution is 8.02. The number of carbonyl (C=O) groups excluding carboxylic acids is 3. The number of unbranched alkanes of at least 4 members (excludes halogenated alkanes) is 1. The van der Waals surface area contributed by atoms with E-state index < -0.39 is 23.8 Å². The van der Waals surface area contributed by atoms with Crippen LogP contribution in [0.25, 0.3) is 11.1 Å². The molecule has 0 aromatic heterocycles. The fraction of sp³-hybridized carbons (Fsp3) is 0.414. The maximum atomic E-state index is 12.9. The average Bonchev–Trinajstić information content (AvgIpc) is 3.52. The molecule has 2 aromatic carbocycles. The van der Waals surface area contributed by atoms with E-state index in [2.05, 4.69) is 34.9 Å². The molecule has 3 amide bonds. The molecule has 0 fully saturated rings. The first-order chi connectivity index (χ1) is 18.2. The van der Waals surface area contributed by atoms with Gasteiger partial charge in [0.25, 0.3) is 0 Å². The number of carbonyl (C=O) groups is 3. The molecule has 9 heteroatoms. The molecule has 2 N–H and O–H groups in total. The minimum Gasteiger partial charge on any atom is -0.449 e. The van der Waals surface area contributed by atoms with Crippen molar-refractivity contribution in [3.63, 3.8) is 0 Å². The predicted octanol–water partition coefficient (Wildman–Crippen LogP) is 5.59. The Kier molecular flexibility index (Phi) is 8.99. The van der Waals surface area contributed by atoms with Crippen molar-refractivity contribution in [3.8, 4) is 11.1 Å². The summed E-state index contributed by atoms with van der Waals surface area (Å²) in [5.41, 5.74) is 4.05. The zero-order valence-electron chi connectivity index (χ0n) is 22.1. The van der Waals surface area contributed by atoms with Crippen LogP contribution in [0.15, 0.2) is 60.1 Å². The molecular weight excluding hydrogens is 502 g/mol. The van der Waals surface area contributed by atoms with E-state index in [4.69, 9.17) is 9.47 Å². The van der Waals surface area contributed by atoms with E-state index in [0.29, 0.717) is 31.7 Å². The van der Waals surface area contributed by atoms with Crippen molar-refractivity contribution in [2.75, 3.05) is 19.0 Å². The molecule has 8 nitrogen and oxygen atoms in total. The molecule has 1 atom stereocenters. The van der Waals surface area contributed by atoms with Gasteiger partial charge in [-0.2, -0.15) is 0 Å². The standard InChI is InChI=1S/C29H35N3O5S/c1-29(2,3)37-28(35)31-25(26(33)32-16-17-38-19-32)14-8-9-15-30-27(34)36-18-24-22-12-6-4-10-20(22)21-11-5-7-13-23(21)24/h4-7,10-13,16-17,24-25H,8-9,14-15,18-19H2,1-3H3,(H,30,34)(H,31,35). The third kappa shape index (κ3) is 7.10. The maximum Gasteiger partial charge on any atom is 0.408 e. The Morgan fingerprint density at radius 2 is 1.66 bits per heavy atom. The number of thioether (sulfide) groups is 1. The van der Waals surface area contributed by atoms with Crippen molar-refractivity contribution in [1.29, 1.82) is 0 Å². The van der Waals surface area contributed by atoms with Gasteiger partial charge in [-0.1, -0.05) is 48.5 Å². The summed E-state index contributed by atoms with van der Waals surface area (Å²) >= 11 is 1.52. The molecule has 0 bridgehead atoms. The lowest BCUT2D eigenvalue weighted by atomic mass is 9.98. The fourth-order valence-corrected chi connectivity index (χ4v) is 5.33. The number of rotatable bonds is 9. The molecule has 1 unspecified atom stereocenters. The monoisotopic (exact) mass is 537 g/mol. The van der Waals surface area contributed by atoms with Crippen LogP contribution in [0.2, 0.25) is 0 Å². The van der Waals surface area contributed by atoms with E-state index in [9.17, 15) is 14.4 Å². The van der Waals surface area contributed by atoms with Crippen LogP contribution in [-0.2, 0) is 14.3 Å². The van der Waals surface area contributed by atoms with E-state index in [1.807, 2.05) is 29.7 Å². The molecule has 1 aliphatic carbocycles. The Labute approximate surface area is 228 Å². The smallest absolute Gasteiger partial charge is 0.408 e. The maximum absolute atomic E-state index is 12.9. The van der Waals surface area contributed by atoms with Crippen molar-refractivity contribution in [2.45, 2.75) is 57.6 Å². The summed E-state index contributed by atoms with van der Waals surface area (Å²) in [6, 6.07) is 15.7. The summed E-state index contributed by atoms with van der Waals surface area (Å²) in [6.07, 6.45) is 2.32. The lowest BCUT2D eigenvalue weighted by molar-refractivity contribution is -0.130. The largest absolute Gasteiger partial charge is 0.449 e. The highest BCUT2D eigenvalue weighted by Gasteiger charge is 2.30. The van der Waals surface area contributed by atoms with Gasteiger partial charge >= 0.3 is 12.2 Å². The molecule has 2 aliphatic rings. The molecule has 0 radical (unpaired) electrons. The van der Waals surface area contributed by atoms with E-state index in [0.717, 1.165) is 0 Å². The molecule has 1 heterocycles. The second-order valence-corrected chi connectivity index (χ2v) is 11.2. The number of hydrogen-bond donors (Lipinski definition) is 2. The Balaban J connectivity index is 1.22. The minimum absolute atomic E-state index is 0.0108. The van der Waals surface area contributed by atoms with Gasteiger partial charge in [-0.05, 0) is 67.7 Å². The Hall–Kier alpha value is -3.46. The van der Waals surface area contributed by atoms with Crippen molar-refractivity contribution in [2.24, 2.45) is 0 Å². The first-order valence-corrected chi connectivity index (χ1v) is 13.9. The summed E-state index contributed by atoms with van der Waals surface area (Å²) in [4.78, 5) is 39.2. The number of nitrogens with zero attached hydrogens (tertiary/aromatic N) is 1. The molecule has 4 rings (SSSR count). The van der Waals surface area contributed by atoms with Gasteiger partial charge in [-0.3, -0.25) is 4.79 Å². The topological polar surface area (TPSA) is 97.0 Å². The molecule has 38 heavy (non-hydrogen) atoms. The van der Waals surface area contributed by atoms with Crippen molar-refractivity contribution < 1.29 is 23.9 Å². The van der Waals surface area contributed by atoms with Crippen LogP contribution in [0.4, 0.5) is 9.59 Å². The number of alkyl carbamates (subject to hydrolysis) is 2. The summed E-state index contributed by atoms with van der Waals surface area (Å²) in [5.74, 6) is 0.354. The normalized spacial score (nSPS) is 15.0. The van der Waals surface area contributed by atoms with Gasteiger partial charge < -0.3 is 25.0 Å². The van der Waals surface area contributed by atoms with Crippen LogP contribution in [0.5, 0.6) is 0 Å². The van der Waals surface area contributed by atoms with Gasteiger partial charge in [0.05, 0.1) is 5.88 Å². The number of amides is 3. The van der Waals surface area contributed by atoms with Crippen LogP contribution >= 0.6 is 11.8 Å². The zero-order valence-corrected chi connectivity index (χ0v) is 22.9. The average molecular weight is 538 g/mol. The summed E-state index contributed by atoms with van der Waals surface area (Å²) in [5, 5.41) is 7.36. The molecular formula is C29H35N3O5S. The number of hydrogen-bond acceptors (Lipinski definition) is 6. The third-order valence-corrected chi connectivity index (χ3v) is 7.10. The molecule has 0 spiro atoms. The van der Waals surface area contributed by atoms with E-state index in [1.165, 1.54) is 34.0 Å². The van der Waals surface area contributed by atoms with Gasteiger partial charge in [-0.15, -0.1) is 11.8 Å². The second-order valence-electron chi connectivity index (χ2n) is 10.3. The minimum atomic E-state index is -0.706. The SMILES string of the molecule is CC(C)(C)OC(=O)NC(CCCCNC(=O)OCC1c2ccccc2-c2ccccc21)C(=O)N1C=CSC1. The first-order valence-electron chi connectivity index (χ1n) is 12.9. The van der Waals surface area contributed by atoms with Crippen molar-refractivity contribution >= 4 is 29.9 Å². The number of ether oxygens (including phenoxy) is 2. The second kappa shape index (κ2) is 12.4. The fourth-order valence-electron chi connectivity index (χ4n) is 4.64. The zero-order chi connectivity index (χ0) is 27.1. The third-order valence-electron chi connectivity index (χ3n) is 6.36. The molecule has 2 aromatic rings. The van der Waals surface area contributed by atoms with Crippen LogP contribution < -0.4 is 10.6 Å². The predicted molar refractivity (Wildman–Crippen MR) is 149 cm³/mol. The van der Waals surface area contributed by atoms with Gasteiger partial charge in [-0.25, -0.2) is 9.59 Å². The van der Waals surface area contributed by atoms with Crippen molar-refractivity contribution in [1.82, 2.24) is 15.5 Å². The van der Waals surface area contributed by atoms with Gasteiger partial charge in [0.15, 0.2) is 0 Å². The number of fused-ring (bicyclic) bond motifs is 3. The van der Waals surface area contributed by atoms with Gasteiger partial charge in [0, 0.05) is 18.7 Å². The summed E-state index contributed by atoms with van der Waals surface area (Å²) in [6.45, 7) is 6.00. The summed E-state index contributed by atoms with van der Waals surface area (Å²) in [7, 11) is 0. The lowest BCUT2D eigenvalue weighted by Gasteiger charge is -2.25. The number of benzene rings is 2. The highest BCUT2D eigenvalue weighted by Crippen LogP contribution is 2.44. The van der Waals surface area contributed by atoms with Crippen LogP contribution in [-0.4, -0.2) is 53.7 Å². The quantitative estimate of drug-likeness (QED) is 0.405. The van der Waals surface area contributed by atoms with E-state index in [-0.39, 0.29) is 18.4 Å². The highest BCUT2D eigenvalue weighted by atomic mass is 32.2. The Morgan fingerprint density at radius 1 is 1.00 bits per heavy atom. The van der Waals surface area contributed by atoms with Crippen LogP contribution in [0.1, 0.15) is 57.1 Å². The van der Waals surface area contributed by atoms with Crippen molar-refractivity contribution in [3.05, 3.63) is 71.3 Å². The van der Waals surface area contributed by atoms with E-state index >= 15 is 0 Å². The molecule has 1 aliphatic heterocycles. The van der Waals surface area contributed by atoms with Gasteiger partial charge in [0.1, 0.15) is 18.2 Å². The molecule has 202 valence electrons. The number of nitrogens with one attached hydrogen (secondary N) is 2. The van der Waals surface area contributed by atoms with Gasteiger partial charge in [0.2, 0.25) is 5.91 Å². The first kappa shape index (κ1) is 27.6.